The van der Waals surface area contributed by atoms with Crippen LogP contribution in [0.1, 0.15) is 6.42 Å². The van der Waals surface area contributed by atoms with E-state index in [-0.39, 0.29) is 5.91 Å². The Hall–Kier alpha value is -2.51. The lowest BCUT2D eigenvalue weighted by Crippen LogP contribution is -2.47. The monoisotopic (exact) mass is 384 g/mol. The Bertz CT molecular complexity index is 779. The van der Waals surface area contributed by atoms with E-state index < -0.39 is 0 Å². The van der Waals surface area contributed by atoms with Crippen LogP contribution in [0, 0.1) is 0 Å². The molecule has 7 heteroatoms. The van der Waals surface area contributed by atoms with Crippen molar-refractivity contribution in [1.82, 2.24) is 16.2 Å². The van der Waals surface area contributed by atoms with E-state index in [9.17, 15) is 4.79 Å². The first-order valence-corrected chi connectivity index (χ1v) is 9.48. The molecule has 2 aromatic rings. The number of benzene rings is 2. The summed E-state index contributed by atoms with van der Waals surface area (Å²) in [6.07, 6.45) is 2.03. The van der Waals surface area contributed by atoms with Gasteiger partial charge in [0.1, 0.15) is 0 Å². The molecule has 0 fully saturated rings. The zero-order chi connectivity index (χ0) is 18.4. The highest BCUT2D eigenvalue weighted by molar-refractivity contribution is 7.99. The Morgan fingerprint density at radius 1 is 1.08 bits per heavy atom. The van der Waals surface area contributed by atoms with Crippen LogP contribution in [0.25, 0.3) is 0 Å². The summed E-state index contributed by atoms with van der Waals surface area (Å²) in [5.74, 6) is -0.124. The predicted octanol–water partition coefficient (Wildman–Crippen LogP) is 3.36. The number of amides is 1. The van der Waals surface area contributed by atoms with Crippen LogP contribution in [0.3, 0.4) is 0 Å². The van der Waals surface area contributed by atoms with Crippen molar-refractivity contribution in [2.45, 2.75) is 16.2 Å². The highest BCUT2D eigenvalue weighted by Gasteiger charge is 2.23. The Kier molecular flexibility index (Phi) is 6.14. The molecule has 1 heterocycles. The van der Waals surface area contributed by atoms with E-state index in [4.69, 9.17) is 12.2 Å². The van der Waals surface area contributed by atoms with E-state index in [0.717, 1.165) is 11.4 Å². The molecule has 0 bridgehead atoms. The van der Waals surface area contributed by atoms with Crippen molar-refractivity contribution >= 4 is 46.4 Å². The first kappa shape index (κ1) is 18.3. The largest absolute Gasteiger partial charge is 0.358 e. The number of nitrogens with zero attached hydrogens (tertiary/aromatic N) is 1. The van der Waals surface area contributed by atoms with Crippen molar-refractivity contribution in [3.63, 3.8) is 0 Å². The lowest BCUT2D eigenvalue weighted by Gasteiger charge is -2.32. The molecule has 0 unspecified atom stereocenters. The molecule has 1 amide bonds. The van der Waals surface area contributed by atoms with Gasteiger partial charge in [-0.15, -0.1) is 6.58 Å². The van der Waals surface area contributed by atoms with Crippen molar-refractivity contribution in [2.24, 2.45) is 0 Å². The summed E-state index contributed by atoms with van der Waals surface area (Å²) in [7, 11) is 0. The maximum Gasteiger partial charge on any atom is 0.240 e. The molecule has 0 saturated heterocycles. The van der Waals surface area contributed by atoms with Crippen LogP contribution in [-0.4, -0.2) is 24.1 Å². The zero-order valence-corrected chi connectivity index (χ0v) is 15.8. The summed E-state index contributed by atoms with van der Waals surface area (Å²) >= 11 is 6.81. The number of fused-ring (bicyclic) bond motifs is 2. The lowest BCUT2D eigenvalue weighted by atomic mass is 10.2. The van der Waals surface area contributed by atoms with Crippen LogP contribution in [0.2, 0.25) is 0 Å². The topological polar surface area (TPSA) is 56.4 Å². The van der Waals surface area contributed by atoms with Gasteiger partial charge >= 0.3 is 0 Å². The van der Waals surface area contributed by atoms with Gasteiger partial charge in [-0.2, -0.15) is 0 Å². The quantitative estimate of drug-likeness (QED) is 0.418. The summed E-state index contributed by atoms with van der Waals surface area (Å²) in [4.78, 5) is 16.8. The van der Waals surface area contributed by atoms with Crippen LogP contribution in [0.15, 0.2) is 71.0 Å². The number of nitrogens with one attached hydrogen (secondary N) is 3. The van der Waals surface area contributed by atoms with Gasteiger partial charge in [0.15, 0.2) is 5.11 Å². The first-order valence-electron chi connectivity index (χ1n) is 8.26. The molecule has 3 N–H and O–H groups in total. The Morgan fingerprint density at radius 3 is 2.31 bits per heavy atom. The van der Waals surface area contributed by atoms with Crippen molar-refractivity contribution in [2.75, 3.05) is 18.0 Å². The Morgan fingerprint density at radius 2 is 1.69 bits per heavy atom. The summed E-state index contributed by atoms with van der Waals surface area (Å²) in [5.41, 5.74) is 7.56. The normalized spacial score (nSPS) is 11.8. The van der Waals surface area contributed by atoms with Crippen LogP contribution >= 0.6 is 24.0 Å². The fourth-order valence-electron chi connectivity index (χ4n) is 2.63. The minimum absolute atomic E-state index is 0.124. The van der Waals surface area contributed by atoms with Gasteiger partial charge in [-0.05, 0) is 36.5 Å². The number of carbonyl (C=O) groups is 1. The Balaban J connectivity index is 1.64. The second-order valence-corrected chi connectivity index (χ2v) is 7.10. The van der Waals surface area contributed by atoms with Crippen molar-refractivity contribution in [3.05, 3.63) is 61.2 Å². The summed E-state index contributed by atoms with van der Waals surface area (Å²) < 4.78 is 0. The SMILES string of the molecule is C=CCNC(=S)NNC(=O)CCN1c2ccccc2Sc2ccccc21. The van der Waals surface area contributed by atoms with Gasteiger partial charge in [-0.25, -0.2) is 0 Å². The van der Waals surface area contributed by atoms with Crippen molar-refractivity contribution in [1.29, 1.82) is 0 Å². The fraction of sp³-hybridized carbons (Fsp3) is 0.158. The van der Waals surface area contributed by atoms with Crippen LogP contribution < -0.4 is 21.1 Å². The summed E-state index contributed by atoms with van der Waals surface area (Å²) in [5, 5.41) is 3.26. The van der Waals surface area contributed by atoms with Crippen molar-refractivity contribution in [3.8, 4) is 0 Å². The zero-order valence-electron chi connectivity index (χ0n) is 14.2. The van der Waals surface area contributed by atoms with Gasteiger partial charge in [-0.1, -0.05) is 42.1 Å². The molecule has 134 valence electrons. The maximum absolute atomic E-state index is 12.2. The molecular weight excluding hydrogens is 364 g/mol. The minimum atomic E-state index is -0.124. The smallest absolute Gasteiger partial charge is 0.240 e. The molecule has 0 saturated carbocycles. The number of carbonyl (C=O) groups excluding carboxylic acids is 1. The number of hydrogen-bond donors (Lipinski definition) is 3. The van der Waals surface area contributed by atoms with Crippen LogP contribution in [0.5, 0.6) is 0 Å². The molecule has 0 spiro atoms. The van der Waals surface area contributed by atoms with Crippen LogP contribution in [0.4, 0.5) is 11.4 Å². The molecule has 3 rings (SSSR count). The second-order valence-electron chi connectivity index (χ2n) is 5.61. The van der Waals surface area contributed by atoms with Gasteiger partial charge < -0.3 is 10.2 Å². The number of anilines is 2. The predicted molar refractivity (Wildman–Crippen MR) is 111 cm³/mol. The summed E-state index contributed by atoms with van der Waals surface area (Å²) in [6, 6.07) is 16.5. The third-order valence-corrected chi connectivity index (χ3v) is 5.19. The third-order valence-electron chi connectivity index (χ3n) is 3.82. The molecule has 26 heavy (non-hydrogen) atoms. The molecule has 1 aliphatic rings. The van der Waals surface area contributed by atoms with Gasteiger partial charge in [0.25, 0.3) is 0 Å². The van der Waals surface area contributed by atoms with E-state index in [1.54, 1.807) is 17.8 Å². The van der Waals surface area contributed by atoms with Gasteiger partial charge in [0.05, 0.1) is 11.4 Å². The van der Waals surface area contributed by atoms with E-state index in [1.807, 2.05) is 24.3 Å². The molecule has 2 aromatic carbocycles. The first-order chi connectivity index (χ1) is 12.7. The van der Waals surface area contributed by atoms with E-state index in [0.29, 0.717) is 24.6 Å². The minimum Gasteiger partial charge on any atom is -0.358 e. The average Bonchev–Trinajstić information content (AvgIpc) is 2.67. The van der Waals surface area contributed by atoms with E-state index in [1.165, 1.54) is 9.79 Å². The number of hydrazine groups is 1. The highest BCUT2D eigenvalue weighted by atomic mass is 32.2. The number of thiocarbonyl (C=S) groups is 1. The number of hydrogen-bond acceptors (Lipinski definition) is 4. The summed E-state index contributed by atoms with van der Waals surface area (Å²) in [6.45, 7) is 4.72. The van der Waals surface area contributed by atoms with E-state index in [2.05, 4.69) is 51.9 Å². The lowest BCUT2D eigenvalue weighted by molar-refractivity contribution is -0.121. The molecule has 0 radical (unpaired) electrons. The molecule has 1 aliphatic heterocycles. The number of para-hydroxylation sites is 2. The fourth-order valence-corrected chi connectivity index (χ4v) is 3.86. The third kappa shape index (κ3) is 4.36. The van der Waals surface area contributed by atoms with Crippen molar-refractivity contribution < 1.29 is 4.79 Å². The number of rotatable bonds is 5. The van der Waals surface area contributed by atoms with E-state index >= 15 is 0 Å². The maximum atomic E-state index is 12.2. The molecular formula is C19H20N4OS2. The van der Waals surface area contributed by atoms with Gasteiger partial charge in [0.2, 0.25) is 5.91 Å². The highest BCUT2D eigenvalue weighted by Crippen LogP contribution is 2.47. The molecule has 0 atom stereocenters. The average molecular weight is 385 g/mol. The molecule has 0 aliphatic carbocycles. The van der Waals surface area contributed by atoms with Crippen LogP contribution in [-0.2, 0) is 4.79 Å². The molecule has 5 nitrogen and oxygen atoms in total. The Labute approximate surface area is 162 Å². The standard InChI is InChI=1S/C19H20N4OS2/c1-2-12-20-19(25)22-21-18(24)11-13-23-14-7-3-5-9-16(14)26-17-10-6-4-8-15(17)23/h2-10H,1,11-13H2,(H,21,24)(H2,20,22,25). The molecule has 0 aromatic heterocycles. The van der Waals surface area contributed by atoms with Gasteiger partial charge in [0, 0.05) is 29.3 Å². The second kappa shape index (κ2) is 8.73. The van der Waals surface area contributed by atoms with Gasteiger partial charge in [-0.3, -0.25) is 15.6 Å².